The summed E-state index contributed by atoms with van der Waals surface area (Å²) in [6.07, 6.45) is 0. The van der Waals surface area contributed by atoms with Crippen molar-refractivity contribution in [2.24, 2.45) is 0 Å². The van der Waals surface area contributed by atoms with E-state index < -0.39 is 0 Å². The van der Waals surface area contributed by atoms with Crippen molar-refractivity contribution < 1.29 is 0 Å². The first-order valence-electron chi connectivity index (χ1n) is 12.4. The van der Waals surface area contributed by atoms with E-state index in [9.17, 15) is 0 Å². The quantitative estimate of drug-likeness (QED) is 0.240. The van der Waals surface area contributed by atoms with Crippen molar-refractivity contribution >= 4 is 59.9 Å². The van der Waals surface area contributed by atoms with Crippen molar-refractivity contribution in [3.8, 4) is 11.1 Å². The number of hydrogen-bond acceptors (Lipinski definition) is 0. The summed E-state index contributed by atoms with van der Waals surface area (Å²) in [5.41, 5.74) is 11.8. The zero-order chi connectivity index (χ0) is 23.1. The number of nitrogens with zero attached hydrogens (tertiary/aromatic N) is 1. The van der Waals surface area contributed by atoms with Crippen LogP contribution in [-0.4, -0.2) is 9.38 Å². The van der Waals surface area contributed by atoms with Crippen LogP contribution in [0, 0.1) is 0 Å². The Bertz CT molecular complexity index is 2190. The third-order valence-corrected chi connectivity index (χ3v) is 8.61. The van der Waals surface area contributed by atoms with Gasteiger partial charge in [-0.1, -0.05) is 74.5 Å². The highest BCUT2D eigenvalue weighted by Gasteiger charge is 2.38. The van der Waals surface area contributed by atoms with Crippen LogP contribution in [-0.2, 0) is 5.41 Å². The Morgan fingerprint density at radius 1 is 0.600 bits per heavy atom. The molecule has 3 aromatic heterocycles. The summed E-state index contributed by atoms with van der Waals surface area (Å²) in [6, 6.07) is 33.9. The maximum Gasteiger partial charge on any atom is 0.0623 e. The smallest absolute Gasteiger partial charge is 0.0623 e. The molecule has 2 heteroatoms. The molecule has 35 heavy (non-hydrogen) atoms. The van der Waals surface area contributed by atoms with Crippen LogP contribution in [0.5, 0.6) is 0 Å². The summed E-state index contributed by atoms with van der Waals surface area (Å²) < 4.78 is 2.54. The lowest BCUT2D eigenvalue weighted by Crippen LogP contribution is -2.15. The molecule has 9 rings (SSSR count). The molecule has 164 valence electrons. The number of aromatic amines is 1. The van der Waals surface area contributed by atoms with Crippen LogP contribution in [0.2, 0.25) is 0 Å². The van der Waals surface area contributed by atoms with Gasteiger partial charge in [0.05, 0.1) is 16.6 Å². The van der Waals surface area contributed by atoms with Crippen LogP contribution in [0.15, 0.2) is 91.0 Å². The summed E-state index contributed by atoms with van der Waals surface area (Å²) in [5.74, 6) is 0. The fourth-order valence-corrected chi connectivity index (χ4v) is 7.27. The Balaban J connectivity index is 1.73. The molecule has 1 aliphatic rings. The lowest BCUT2D eigenvalue weighted by Gasteiger charge is -2.22. The van der Waals surface area contributed by atoms with Gasteiger partial charge in [-0.3, -0.25) is 0 Å². The molecule has 0 bridgehead atoms. The zero-order valence-corrected chi connectivity index (χ0v) is 19.6. The van der Waals surface area contributed by atoms with E-state index in [1.807, 2.05) is 0 Å². The number of aromatic nitrogens is 2. The molecule has 0 saturated carbocycles. The molecule has 0 saturated heterocycles. The molecule has 0 spiro atoms. The second-order valence-electron chi connectivity index (χ2n) is 10.6. The summed E-state index contributed by atoms with van der Waals surface area (Å²) in [7, 11) is 0. The van der Waals surface area contributed by atoms with Crippen LogP contribution in [0.25, 0.3) is 71.0 Å². The van der Waals surface area contributed by atoms with Crippen LogP contribution < -0.4 is 0 Å². The molecule has 1 aliphatic carbocycles. The van der Waals surface area contributed by atoms with Crippen LogP contribution in [0.3, 0.4) is 0 Å². The van der Waals surface area contributed by atoms with E-state index in [0.717, 1.165) is 0 Å². The third-order valence-electron chi connectivity index (χ3n) is 8.61. The average Bonchev–Trinajstić information content (AvgIpc) is 3.47. The van der Waals surface area contributed by atoms with E-state index in [-0.39, 0.29) is 5.41 Å². The lowest BCUT2D eigenvalue weighted by atomic mass is 9.80. The Morgan fingerprint density at radius 2 is 1.31 bits per heavy atom. The van der Waals surface area contributed by atoms with Crippen LogP contribution >= 0.6 is 0 Å². The fourth-order valence-electron chi connectivity index (χ4n) is 7.27. The molecule has 0 atom stereocenters. The van der Waals surface area contributed by atoms with E-state index in [0.29, 0.717) is 0 Å². The molecule has 0 fully saturated rings. The second kappa shape index (κ2) is 5.67. The van der Waals surface area contributed by atoms with Gasteiger partial charge >= 0.3 is 0 Å². The molecule has 2 nitrogen and oxygen atoms in total. The summed E-state index contributed by atoms with van der Waals surface area (Å²) in [6.45, 7) is 4.79. The number of nitrogens with one attached hydrogen (secondary N) is 1. The highest BCUT2D eigenvalue weighted by atomic mass is 14.9. The SMILES string of the molecule is CC1(C)c2ccccc2-c2cc3c4cccc5[nH]c6cccc(c6c54)n4c5ccccc5c(c21)c34. The number of para-hydroxylation sites is 1. The predicted octanol–water partition coefficient (Wildman–Crippen LogP) is 8.78. The van der Waals surface area contributed by atoms with Crippen molar-refractivity contribution in [1.29, 1.82) is 0 Å². The van der Waals surface area contributed by atoms with E-state index >= 15 is 0 Å². The molecular weight excluding hydrogens is 424 g/mol. The zero-order valence-electron chi connectivity index (χ0n) is 19.6. The van der Waals surface area contributed by atoms with Crippen molar-refractivity contribution in [2.45, 2.75) is 19.3 Å². The minimum absolute atomic E-state index is 0.0697. The van der Waals surface area contributed by atoms with Gasteiger partial charge in [0, 0.05) is 43.4 Å². The van der Waals surface area contributed by atoms with E-state index in [4.69, 9.17) is 0 Å². The Labute approximate surface area is 201 Å². The number of benzene rings is 5. The summed E-state index contributed by atoms with van der Waals surface area (Å²) in [5, 5.41) is 8.03. The largest absolute Gasteiger partial charge is 0.354 e. The predicted molar refractivity (Wildman–Crippen MR) is 148 cm³/mol. The molecule has 3 heterocycles. The maximum absolute atomic E-state index is 3.70. The average molecular weight is 447 g/mol. The fraction of sp³-hybridized carbons (Fsp3) is 0.0909. The van der Waals surface area contributed by atoms with Crippen molar-refractivity contribution in [1.82, 2.24) is 9.38 Å². The van der Waals surface area contributed by atoms with Crippen molar-refractivity contribution in [2.75, 3.05) is 0 Å². The molecule has 0 radical (unpaired) electrons. The minimum atomic E-state index is -0.0697. The van der Waals surface area contributed by atoms with Crippen LogP contribution in [0.1, 0.15) is 25.0 Å². The lowest BCUT2D eigenvalue weighted by molar-refractivity contribution is 0.667. The molecule has 0 amide bonds. The maximum atomic E-state index is 3.70. The third kappa shape index (κ3) is 1.89. The van der Waals surface area contributed by atoms with Gasteiger partial charge in [-0.25, -0.2) is 0 Å². The molecule has 1 N–H and O–H groups in total. The van der Waals surface area contributed by atoms with Gasteiger partial charge < -0.3 is 9.38 Å². The van der Waals surface area contributed by atoms with Crippen molar-refractivity contribution in [3.63, 3.8) is 0 Å². The van der Waals surface area contributed by atoms with Crippen LogP contribution in [0.4, 0.5) is 0 Å². The molecule has 0 unspecified atom stereocenters. The molecule has 0 aliphatic heterocycles. The Kier molecular flexibility index (Phi) is 2.93. The first-order valence-corrected chi connectivity index (χ1v) is 12.4. The van der Waals surface area contributed by atoms with E-state index in [1.54, 1.807) is 0 Å². The first kappa shape index (κ1) is 18.1. The topological polar surface area (TPSA) is 20.2 Å². The van der Waals surface area contributed by atoms with Gasteiger partial charge in [-0.2, -0.15) is 0 Å². The first-order chi connectivity index (χ1) is 17.1. The number of hydrogen-bond donors (Lipinski definition) is 1. The summed E-state index contributed by atoms with van der Waals surface area (Å²) >= 11 is 0. The minimum Gasteiger partial charge on any atom is -0.354 e. The van der Waals surface area contributed by atoms with Gasteiger partial charge in [0.1, 0.15) is 0 Å². The number of fused-ring (bicyclic) bond motifs is 9. The highest BCUT2D eigenvalue weighted by Crippen LogP contribution is 2.55. The highest BCUT2D eigenvalue weighted by molar-refractivity contribution is 6.32. The number of H-pyrrole nitrogens is 1. The molecule has 8 aromatic rings. The Hall–Kier alpha value is -4.30. The standard InChI is InChI=1S/C33H22N2/c1-33(2)23-12-5-3-9-18(23)21-17-22-19-11-7-13-24-28(19)30-25(34-24)14-8-16-27(30)35-26-15-6-4-10-20(26)29(31(21)33)32(22)35/h3-17,34H,1-2H3. The Morgan fingerprint density at radius 3 is 2.23 bits per heavy atom. The normalized spacial score (nSPS) is 14.8. The van der Waals surface area contributed by atoms with Gasteiger partial charge in [0.2, 0.25) is 0 Å². The molecule has 5 aromatic carbocycles. The van der Waals surface area contributed by atoms with Gasteiger partial charge in [-0.05, 0) is 58.0 Å². The number of rotatable bonds is 0. The van der Waals surface area contributed by atoms with Gasteiger partial charge in [0.15, 0.2) is 0 Å². The van der Waals surface area contributed by atoms with Crippen molar-refractivity contribution in [3.05, 3.63) is 102 Å². The summed E-state index contributed by atoms with van der Waals surface area (Å²) in [4.78, 5) is 3.70. The van der Waals surface area contributed by atoms with Gasteiger partial charge in [-0.15, -0.1) is 0 Å². The molecular formula is C33H22N2. The second-order valence-corrected chi connectivity index (χ2v) is 10.6. The van der Waals surface area contributed by atoms with Gasteiger partial charge in [0.25, 0.3) is 0 Å². The monoisotopic (exact) mass is 446 g/mol. The van der Waals surface area contributed by atoms with E-state index in [2.05, 4.69) is 114 Å². The van der Waals surface area contributed by atoms with E-state index in [1.165, 1.54) is 82.2 Å².